The van der Waals surface area contributed by atoms with Gasteiger partial charge in [-0.2, -0.15) is 4.98 Å². The maximum absolute atomic E-state index is 12.7. The lowest BCUT2D eigenvalue weighted by atomic mass is 10.1. The second kappa shape index (κ2) is 11.9. The molecule has 1 amide bonds. The van der Waals surface area contributed by atoms with Crippen LogP contribution in [0.25, 0.3) is 11.3 Å². The molecule has 12 heteroatoms. The molecule has 0 bridgehead atoms. The number of fused-ring (bicyclic) bond motifs is 1. The Labute approximate surface area is 238 Å². The molecule has 5 heterocycles. The van der Waals surface area contributed by atoms with Gasteiger partial charge in [0.25, 0.3) is 0 Å². The summed E-state index contributed by atoms with van der Waals surface area (Å²) in [6.45, 7) is 10.4. The van der Waals surface area contributed by atoms with Crippen molar-refractivity contribution >= 4 is 41.1 Å². The molecule has 0 saturated carbocycles. The van der Waals surface area contributed by atoms with Crippen LogP contribution in [-0.2, 0) is 16.0 Å². The molecule has 0 unspecified atom stereocenters. The molecule has 11 nitrogen and oxygen atoms in total. The Bertz CT molecular complexity index is 1320. The number of rotatable bonds is 7. The van der Waals surface area contributed by atoms with Gasteiger partial charge < -0.3 is 30.1 Å². The molecular formula is C28H35N9O2S. The zero-order valence-electron chi connectivity index (χ0n) is 22.8. The van der Waals surface area contributed by atoms with Crippen LogP contribution in [0.1, 0.15) is 12.5 Å². The van der Waals surface area contributed by atoms with E-state index >= 15 is 0 Å². The number of morpholine rings is 1. The highest BCUT2D eigenvalue weighted by molar-refractivity contribution is 8.00. The predicted octanol–water partition coefficient (Wildman–Crippen LogP) is 2.30. The van der Waals surface area contributed by atoms with Crippen LogP contribution in [0, 0.1) is 0 Å². The van der Waals surface area contributed by atoms with Crippen LogP contribution in [0.3, 0.4) is 0 Å². The summed E-state index contributed by atoms with van der Waals surface area (Å²) in [6, 6.07) is 8.42. The van der Waals surface area contributed by atoms with Crippen molar-refractivity contribution in [2.75, 3.05) is 86.9 Å². The smallest absolute Gasteiger partial charge is 0.233 e. The Morgan fingerprint density at radius 1 is 0.975 bits per heavy atom. The number of piperazine rings is 1. The monoisotopic (exact) mass is 561 g/mol. The number of nitrogens with zero attached hydrogens (tertiary/aromatic N) is 8. The van der Waals surface area contributed by atoms with E-state index in [9.17, 15) is 4.79 Å². The van der Waals surface area contributed by atoms with Crippen molar-refractivity contribution in [2.24, 2.45) is 0 Å². The number of amides is 1. The van der Waals surface area contributed by atoms with Gasteiger partial charge in [-0.15, -0.1) is 11.8 Å². The number of likely N-dealkylation sites (N-methyl/N-ethyl adjacent to an activating group) is 1. The molecule has 0 radical (unpaired) electrons. The first-order chi connectivity index (χ1) is 19.6. The van der Waals surface area contributed by atoms with Gasteiger partial charge in [0.05, 0.1) is 24.7 Å². The van der Waals surface area contributed by atoms with Crippen LogP contribution >= 0.6 is 11.8 Å². The molecule has 2 fully saturated rings. The summed E-state index contributed by atoms with van der Waals surface area (Å²) in [4.78, 5) is 41.0. The molecule has 210 valence electrons. The number of hydrogen-bond acceptors (Lipinski definition) is 11. The number of anilines is 4. The third kappa shape index (κ3) is 5.70. The van der Waals surface area contributed by atoms with E-state index in [1.54, 1.807) is 24.2 Å². The topological polar surface area (TPSA) is 117 Å². The fraction of sp³-hybridized carbons (Fsp3) is 0.464. The van der Waals surface area contributed by atoms with Crippen LogP contribution in [0.4, 0.5) is 23.4 Å². The fourth-order valence-electron chi connectivity index (χ4n) is 5.37. The highest BCUT2D eigenvalue weighted by Gasteiger charge is 2.29. The van der Waals surface area contributed by atoms with E-state index in [2.05, 4.69) is 55.9 Å². The van der Waals surface area contributed by atoms with E-state index < -0.39 is 0 Å². The molecule has 0 atom stereocenters. The van der Waals surface area contributed by atoms with Gasteiger partial charge in [-0.25, -0.2) is 15.0 Å². The minimum Gasteiger partial charge on any atom is -0.378 e. The molecule has 0 spiro atoms. The fourth-order valence-corrected chi connectivity index (χ4v) is 6.17. The number of benzene rings is 1. The third-order valence-electron chi connectivity index (χ3n) is 7.74. The van der Waals surface area contributed by atoms with Gasteiger partial charge in [0, 0.05) is 79.9 Å². The molecule has 0 aliphatic carbocycles. The number of nitrogens with two attached hydrogens (primary N) is 1. The maximum Gasteiger partial charge on any atom is 0.233 e. The zero-order valence-corrected chi connectivity index (χ0v) is 23.6. The number of aromatic nitrogens is 4. The Kier molecular flexibility index (Phi) is 7.98. The van der Waals surface area contributed by atoms with Crippen molar-refractivity contribution in [1.29, 1.82) is 0 Å². The summed E-state index contributed by atoms with van der Waals surface area (Å²) >= 11 is 1.60. The van der Waals surface area contributed by atoms with Crippen LogP contribution in [0.2, 0.25) is 0 Å². The van der Waals surface area contributed by atoms with E-state index in [4.69, 9.17) is 20.4 Å². The van der Waals surface area contributed by atoms with Gasteiger partial charge in [-0.3, -0.25) is 4.79 Å². The number of ether oxygens (including phenoxy) is 1. The van der Waals surface area contributed by atoms with Crippen molar-refractivity contribution in [1.82, 2.24) is 29.7 Å². The van der Waals surface area contributed by atoms with Crippen LogP contribution in [0.5, 0.6) is 0 Å². The van der Waals surface area contributed by atoms with E-state index in [1.807, 2.05) is 4.90 Å². The summed E-state index contributed by atoms with van der Waals surface area (Å²) in [6.07, 6.45) is 4.27. The lowest BCUT2D eigenvalue weighted by Gasteiger charge is -2.34. The van der Waals surface area contributed by atoms with E-state index in [-0.39, 0.29) is 11.9 Å². The van der Waals surface area contributed by atoms with Crippen molar-refractivity contribution in [2.45, 2.75) is 18.2 Å². The van der Waals surface area contributed by atoms with Gasteiger partial charge >= 0.3 is 0 Å². The first kappa shape index (κ1) is 26.7. The number of carbonyl (C=O) groups excluding carboxylic acids is 1. The van der Waals surface area contributed by atoms with Gasteiger partial charge in [0.15, 0.2) is 0 Å². The molecule has 2 aromatic heterocycles. The number of hydrogen-bond donors (Lipinski definition) is 1. The highest BCUT2D eigenvalue weighted by Crippen LogP contribution is 2.39. The van der Waals surface area contributed by atoms with Gasteiger partial charge in [0.1, 0.15) is 5.82 Å². The molecule has 3 aliphatic rings. The summed E-state index contributed by atoms with van der Waals surface area (Å²) in [5.74, 6) is 2.51. The largest absolute Gasteiger partial charge is 0.378 e. The molecule has 40 heavy (non-hydrogen) atoms. The average molecular weight is 562 g/mol. The summed E-state index contributed by atoms with van der Waals surface area (Å²) < 4.78 is 5.55. The summed E-state index contributed by atoms with van der Waals surface area (Å²) in [5, 5.41) is 0. The molecule has 6 rings (SSSR count). The van der Waals surface area contributed by atoms with Gasteiger partial charge in [-0.1, -0.05) is 6.92 Å². The standard InChI is InChI=1S/C28H35N9O2S/c1-2-34-9-11-35(12-10-34)24(38)19-40-22-5-3-21(4-6-22)37-8-7-23-25(20-17-30-27(29)31-18-20)32-28(33-26(23)37)36-13-15-39-16-14-36/h3-6,17-18H,2,7-16,19H2,1H3,(H2,29,30,31). The number of carbonyl (C=O) groups is 1. The van der Waals surface area contributed by atoms with Crippen molar-refractivity contribution in [3.63, 3.8) is 0 Å². The van der Waals surface area contributed by atoms with E-state index in [1.165, 1.54) is 0 Å². The minimum absolute atomic E-state index is 0.213. The van der Waals surface area contributed by atoms with E-state index in [0.717, 1.165) is 92.0 Å². The third-order valence-corrected chi connectivity index (χ3v) is 8.73. The lowest BCUT2D eigenvalue weighted by molar-refractivity contribution is -0.130. The molecular weight excluding hydrogens is 526 g/mol. The Morgan fingerprint density at radius 2 is 1.70 bits per heavy atom. The molecule has 2 saturated heterocycles. The first-order valence-electron chi connectivity index (χ1n) is 13.9. The normalized spacial score (nSPS) is 17.8. The Hall–Kier alpha value is -3.48. The van der Waals surface area contributed by atoms with Crippen LogP contribution < -0.4 is 15.5 Å². The maximum atomic E-state index is 12.7. The Balaban J connectivity index is 1.20. The van der Waals surface area contributed by atoms with E-state index in [0.29, 0.717) is 24.9 Å². The summed E-state index contributed by atoms with van der Waals surface area (Å²) in [5.41, 5.74) is 9.58. The minimum atomic E-state index is 0.213. The number of thioether (sulfide) groups is 1. The predicted molar refractivity (Wildman–Crippen MR) is 157 cm³/mol. The van der Waals surface area contributed by atoms with Gasteiger partial charge in [-0.05, 0) is 37.2 Å². The lowest BCUT2D eigenvalue weighted by Crippen LogP contribution is -2.49. The van der Waals surface area contributed by atoms with Crippen LogP contribution in [-0.4, -0.2) is 107 Å². The zero-order chi connectivity index (χ0) is 27.5. The number of nitrogen functional groups attached to an aromatic ring is 1. The molecule has 3 aliphatic heterocycles. The second-order valence-electron chi connectivity index (χ2n) is 10.1. The SMILES string of the molecule is CCN1CCN(C(=O)CSc2ccc(N3CCc4c(-c5cnc(N)nc5)nc(N5CCOCC5)nc43)cc2)CC1. The molecule has 1 aromatic carbocycles. The van der Waals surface area contributed by atoms with Gasteiger partial charge in [0.2, 0.25) is 17.8 Å². The second-order valence-corrected chi connectivity index (χ2v) is 11.2. The quantitative estimate of drug-likeness (QED) is 0.428. The van der Waals surface area contributed by atoms with Crippen molar-refractivity contribution < 1.29 is 9.53 Å². The first-order valence-corrected chi connectivity index (χ1v) is 14.9. The van der Waals surface area contributed by atoms with Crippen molar-refractivity contribution in [3.8, 4) is 11.3 Å². The highest BCUT2D eigenvalue weighted by atomic mass is 32.2. The van der Waals surface area contributed by atoms with Crippen molar-refractivity contribution in [3.05, 3.63) is 42.2 Å². The van der Waals surface area contributed by atoms with Crippen LogP contribution in [0.15, 0.2) is 41.6 Å². The average Bonchev–Trinajstić information content (AvgIpc) is 3.45. The molecule has 3 aromatic rings. The molecule has 2 N–H and O–H groups in total. The summed E-state index contributed by atoms with van der Waals surface area (Å²) in [7, 11) is 0. The Morgan fingerprint density at radius 3 is 2.40 bits per heavy atom.